The zero-order valence-electron chi connectivity index (χ0n) is 25.4. The molecule has 0 fully saturated rings. The van der Waals surface area contributed by atoms with Crippen molar-refractivity contribution in [2.75, 3.05) is 20.3 Å². The second-order valence-electron chi connectivity index (χ2n) is 12.2. The van der Waals surface area contributed by atoms with E-state index in [9.17, 15) is 4.79 Å². The van der Waals surface area contributed by atoms with Gasteiger partial charge in [-0.15, -0.1) is 5.10 Å². The first-order chi connectivity index (χ1) is 20.2. The van der Waals surface area contributed by atoms with E-state index in [-0.39, 0.29) is 30.0 Å². The smallest absolute Gasteiger partial charge is 0.306 e. The zero-order chi connectivity index (χ0) is 29.6. The Morgan fingerprint density at radius 3 is 2.76 bits per heavy atom. The summed E-state index contributed by atoms with van der Waals surface area (Å²) in [5.74, 6) is 1.40. The van der Waals surface area contributed by atoms with E-state index in [1.165, 1.54) is 11.1 Å². The number of fused-ring (bicyclic) bond motifs is 3. The van der Waals surface area contributed by atoms with Crippen LogP contribution in [0.5, 0.6) is 11.5 Å². The lowest BCUT2D eigenvalue weighted by Gasteiger charge is -2.34. The maximum Gasteiger partial charge on any atom is 0.306 e. The van der Waals surface area contributed by atoms with Gasteiger partial charge in [0.05, 0.1) is 25.7 Å². The number of carbonyl (C=O) groups excluding carboxylic acids is 1. The molecule has 8 heteroatoms. The highest BCUT2D eigenvalue weighted by atomic mass is 16.5. The lowest BCUT2D eigenvalue weighted by Crippen LogP contribution is -2.41. The first-order valence-corrected chi connectivity index (χ1v) is 14.8. The maximum absolute atomic E-state index is 12.9. The quantitative estimate of drug-likeness (QED) is 0.252. The number of methoxy groups -OCH3 is 1. The molecule has 4 aromatic rings. The fraction of sp³-hybridized carbons (Fsp3) is 0.441. The molecule has 42 heavy (non-hydrogen) atoms. The number of benzene rings is 3. The van der Waals surface area contributed by atoms with Crippen molar-refractivity contribution in [2.24, 2.45) is 7.05 Å². The molecule has 220 valence electrons. The Labute approximate surface area is 247 Å². The van der Waals surface area contributed by atoms with Crippen LogP contribution in [0, 0.1) is 6.92 Å². The number of hydrogen-bond donors (Lipinski definition) is 0. The van der Waals surface area contributed by atoms with Crippen molar-refractivity contribution in [2.45, 2.75) is 71.1 Å². The molecule has 1 aromatic heterocycles. The summed E-state index contributed by atoms with van der Waals surface area (Å²) in [6.45, 7) is 10.2. The van der Waals surface area contributed by atoms with Gasteiger partial charge in [0.1, 0.15) is 22.6 Å². The molecule has 0 N–H and O–H groups in total. The molecule has 0 saturated heterocycles. The second-order valence-corrected chi connectivity index (χ2v) is 12.2. The fourth-order valence-electron chi connectivity index (χ4n) is 6.84. The molecule has 8 nitrogen and oxygen atoms in total. The van der Waals surface area contributed by atoms with Crippen molar-refractivity contribution in [1.29, 1.82) is 0 Å². The van der Waals surface area contributed by atoms with Crippen LogP contribution in [0.4, 0.5) is 0 Å². The van der Waals surface area contributed by atoms with Crippen LogP contribution in [-0.4, -0.2) is 51.7 Å². The summed E-state index contributed by atoms with van der Waals surface area (Å²) in [6, 6.07) is 17.3. The molecule has 0 saturated carbocycles. The van der Waals surface area contributed by atoms with Gasteiger partial charge in [-0.05, 0) is 92.6 Å². The minimum atomic E-state index is -0.351. The molecule has 0 spiro atoms. The van der Waals surface area contributed by atoms with E-state index in [0.717, 1.165) is 70.7 Å². The molecule has 0 amide bonds. The van der Waals surface area contributed by atoms with Gasteiger partial charge in [0, 0.05) is 37.7 Å². The van der Waals surface area contributed by atoms with Gasteiger partial charge in [-0.3, -0.25) is 9.69 Å². The Bertz CT molecular complexity index is 1640. The van der Waals surface area contributed by atoms with Gasteiger partial charge in [-0.1, -0.05) is 29.5 Å². The zero-order valence-corrected chi connectivity index (χ0v) is 25.4. The van der Waals surface area contributed by atoms with Crippen molar-refractivity contribution < 1.29 is 19.0 Å². The molecule has 2 heterocycles. The van der Waals surface area contributed by atoms with Crippen molar-refractivity contribution >= 4 is 17.0 Å². The highest BCUT2D eigenvalue weighted by molar-refractivity contribution is 5.80. The Hall–Kier alpha value is -3.91. The fourth-order valence-corrected chi connectivity index (χ4v) is 6.84. The largest absolute Gasteiger partial charge is 0.497 e. The lowest BCUT2D eigenvalue weighted by molar-refractivity contribution is -0.143. The summed E-state index contributed by atoms with van der Waals surface area (Å²) < 4.78 is 19.3. The molecule has 6 rings (SSSR count). The SMILES string of the molecule is CCOC(=O)CC(c1ccc2c(c1)C(N1Cc3cc(OC)ccc3OC(C)(C)C1)CC2)c1ccc2c(nnn2C)c1C. The average Bonchev–Trinajstić information content (AvgIpc) is 3.52. The summed E-state index contributed by atoms with van der Waals surface area (Å²) >= 11 is 0. The summed E-state index contributed by atoms with van der Waals surface area (Å²) in [7, 11) is 3.60. The van der Waals surface area contributed by atoms with Gasteiger partial charge in [-0.25, -0.2) is 4.68 Å². The van der Waals surface area contributed by atoms with Crippen LogP contribution in [-0.2, 0) is 29.5 Å². The van der Waals surface area contributed by atoms with Gasteiger partial charge < -0.3 is 14.2 Å². The topological polar surface area (TPSA) is 78.7 Å². The van der Waals surface area contributed by atoms with Crippen LogP contribution in [0.15, 0.2) is 48.5 Å². The van der Waals surface area contributed by atoms with Crippen LogP contribution in [0.2, 0.25) is 0 Å². The third-order valence-corrected chi connectivity index (χ3v) is 8.80. The van der Waals surface area contributed by atoms with Crippen LogP contribution < -0.4 is 9.47 Å². The van der Waals surface area contributed by atoms with E-state index < -0.39 is 0 Å². The first-order valence-electron chi connectivity index (χ1n) is 14.8. The number of nitrogens with zero attached hydrogens (tertiary/aromatic N) is 4. The molecule has 2 atom stereocenters. The van der Waals surface area contributed by atoms with Crippen molar-refractivity contribution in [3.05, 3.63) is 81.9 Å². The van der Waals surface area contributed by atoms with Gasteiger partial charge >= 0.3 is 5.97 Å². The Balaban J connectivity index is 1.39. The van der Waals surface area contributed by atoms with Gasteiger partial charge in [0.25, 0.3) is 0 Å². The Kier molecular flexibility index (Phi) is 7.43. The van der Waals surface area contributed by atoms with Gasteiger partial charge in [0.15, 0.2) is 0 Å². The van der Waals surface area contributed by atoms with Gasteiger partial charge in [0.2, 0.25) is 0 Å². The number of ether oxygens (including phenoxy) is 3. The van der Waals surface area contributed by atoms with Crippen LogP contribution in [0.1, 0.15) is 79.0 Å². The molecule has 0 bridgehead atoms. The van der Waals surface area contributed by atoms with Crippen molar-refractivity contribution in [1.82, 2.24) is 19.9 Å². The standard InChI is InChI=1S/C34H40N4O4/c1-7-41-32(39)18-27(26-12-14-30-33(21(26)2)35-36-37(30)5)23-9-8-22-10-13-29(28(22)17-23)38-19-24-16-25(40-6)11-15-31(24)42-34(3,4)20-38/h8-9,11-12,14-17,27,29H,7,10,13,18-20H2,1-6H3. The normalized spacial score (nSPS) is 18.6. The van der Waals surface area contributed by atoms with Crippen LogP contribution >= 0.6 is 0 Å². The highest BCUT2D eigenvalue weighted by Gasteiger charge is 2.36. The van der Waals surface area contributed by atoms with Gasteiger partial charge in [-0.2, -0.15) is 0 Å². The molecule has 0 radical (unpaired) electrons. The first kappa shape index (κ1) is 28.2. The van der Waals surface area contributed by atoms with E-state index in [2.05, 4.69) is 72.4 Å². The lowest BCUT2D eigenvalue weighted by atomic mass is 9.84. The monoisotopic (exact) mass is 568 g/mol. The molecule has 2 unspecified atom stereocenters. The van der Waals surface area contributed by atoms with Crippen LogP contribution in [0.3, 0.4) is 0 Å². The van der Waals surface area contributed by atoms with Crippen molar-refractivity contribution in [3.8, 4) is 11.5 Å². The summed E-state index contributed by atoms with van der Waals surface area (Å²) in [5, 5.41) is 8.65. The molecule has 3 aromatic carbocycles. The maximum atomic E-state index is 12.9. The summed E-state index contributed by atoms with van der Waals surface area (Å²) in [4.78, 5) is 15.5. The third-order valence-electron chi connectivity index (χ3n) is 8.80. The summed E-state index contributed by atoms with van der Waals surface area (Å²) in [5.41, 5.74) is 8.57. The summed E-state index contributed by atoms with van der Waals surface area (Å²) in [6.07, 6.45) is 2.33. The second kappa shape index (κ2) is 11.1. The molecule has 1 aliphatic carbocycles. The molecule has 2 aliphatic rings. The Morgan fingerprint density at radius 2 is 1.98 bits per heavy atom. The predicted octanol–water partition coefficient (Wildman–Crippen LogP) is 6.03. The number of aryl methyl sites for hydroxylation is 3. The van der Waals surface area contributed by atoms with E-state index in [4.69, 9.17) is 14.2 Å². The van der Waals surface area contributed by atoms with Crippen LogP contribution in [0.25, 0.3) is 11.0 Å². The van der Waals surface area contributed by atoms with Crippen molar-refractivity contribution in [3.63, 3.8) is 0 Å². The molecule has 1 aliphatic heterocycles. The number of rotatable bonds is 7. The average molecular weight is 569 g/mol. The van der Waals surface area contributed by atoms with E-state index in [1.807, 2.05) is 26.1 Å². The number of esters is 1. The highest BCUT2D eigenvalue weighted by Crippen LogP contribution is 2.43. The number of aromatic nitrogens is 3. The number of hydrogen-bond acceptors (Lipinski definition) is 7. The minimum absolute atomic E-state index is 0.157. The molecular formula is C34H40N4O4. The van der Waals surface area contributed by atoms with E-state index >= 15 is 0 Å². The van der Waals surface area contributed by atoms with E-state index in [0.29, 0.717) is 6.61 Å². The minimum Gasteiger partial charge on any atom is -0.497 e. The molecular weight excluding hydrogens is 528 g/mol. The third kappa shape index (κ3) is 5.24. The Morgan fingerprint density at radius 1 is 1.14 bits per heavy atom. The number of carbonyl (C=O) groups is 1. The predicted molar refractivity (Wildman–Crippen MR) is 162 cm³/mol. The van der Waals surface area contributed by atoms with E-state index in [1.54, 1.807) is 11.8 Å².